The first-order valence-corrected chi connectivity index (χ1v) is 7.75. The van der Waals surface area contributed by atoms with Crippen LogP contribution in [0.2, 0.25) is 0 Å². The Kier molecular flexibility index (Phi) is 6.60. The molecule has 0 fully saturated rings. The van der Waals surface area contributed by atoms with Crippen molar-refractivity contribution in [3.8, 4) is 6.07 Å². The van der Waals surface area contributed by atoms with Crippen LogP contribution in [-0.2, 0) is 16.1 Å². The SMILES string of the molecule is CN(CCC#N)C(=O)COC(=O)c1ccccc1NCc1ccco1. The Bertz CT molecular complexity index is 750. The molecule has 1 heterocycles. The fraction of sp³-hybridized carbons (Fsp3) is 0.278. The summed E-state index contributed by atoms with van der Waals surface area (Å²) in [7, 11) is 1.56. The lowest BCUT2D eigenvalue weighted by Gasteiger charge is -2.16. The van der Waals surface area contributed by atoms with Gasteiger partial charge in [-0.1, -0.05) is 12.1 Å². The first-order chi connectivity index (χ1) is 12.1. The number of para-hydroxylation sites is 1. The third-order valence-electron chi connectivity index (χ3n) is 3.49. The van der Waals surface area contributed by atoms with Gasteiger partial charge in [-0.2, -0.15) is 5.26 Å². The van der Waals surface area contributed by atoms with E-state index in [9.17, 15) is 9.59 Å². The molecule has 1 aromatic carbocycles. The molecule has 0 radical (unpaired) electrons. The van der Waals surface area contributed by atoms with Gasteiger partial charge in [-0.15, -0.1) is 0 Å². The second kappa shape index (κ2) is 9.13. The number of furan rings is 1. The van der Waals surface area contributed by atoms with Gasteiger partial charge >= 0.3 is 5.97 Å². The van der Waals surface area contributed by atoms with E-state index in [2.05, 4.69) is 5.32 Å². The highest BCUT2D eigenvalue weighted by molar-refractivity contribution is 5.96. The van der Waals surface area contributed by atoms with Crippen LogP contribution in [-0.4, -0.2) is 37.0 Å². The maximum Gasteiger partial charge on any atom is 0.340 e. The van der Waals surface area contributed by atoms with Crippen molar-refractivity contribution in [2.24, 2.45) is 0 Å². The zero-order valence-electron chi connectivity index (χ0n) is 13.9. The second-order valence-electron chi connectivity index (χ2n) is 5.28. The van der Waals surface area contributed by atoms with E-state index in [0.717, 1.165) is 5.76 Å². The van der Waals surface area contributed by atoms with Crippen molar-refractivity contribution in [2.45, 2.75) is 13.0 Å². The normalized spacial score (nSPS) is 9.92. The monoisotopic (exact) mass is 341 g/mol. The second-order valence-corrected chi connectivity index (χ2v) is 5.28. The zero-order valence-corrected chi connectivity index (χ0v) is 13.9. The highest BCUT2D eigenvalue weighted by Crippen LogP contribution is 2.17. The minimum absolute atomic E-state index is 0.232. The van der Waals surface area contributed by atoms with Crippen LogP contribution in [0.25, 0.3) is 0 Å². The van der Waals surface area contributed by atoms with E-state index in [1.54, 1.807) is 43.6 Å². The molecule has 0 aliphatic carbocycles. The average Bonchev–Trinajstić information content (AvgIpc) is 3.15. The Hall–Kier alpha value is -3.27. The van der Waals surface area contributed by atoms with Crippen molar-refractivity contribution < 1.29 is 18.7 Å². The summed E-state index contributed by atoms with van der Waals surface area (Å²) in [6.07, 6.45) is 1.81. The molecule has 1 amide bonds. The Labute approximate surface area is 145 Å². The molecule has 0 aliphatic heterocycles. The maximum atomic E-state index is 12.3. The molecular formula is C18H19N3O4. The van der Waals surface area contributed by atoms with Crippen molar-refractivity contribution in [1.29, 1.82) is 5.26 Å². The predicted molar refractivity (Wildman–Crippen MR) is 90.6 cm³/mol. The number of nitrogens with one attached hydrogen (secondary N) is 1. The van der Waals surface area contributed by atoms with Gasteiger partial charge in [0.25, 0.3) is 5.91 Å². The predicted octanol–water partition coefficient (Wildman–Crippen LogP) is 2.42. The number of likely N-dealkylation sites (N-methyl/N-ethyl adjacent to an activating group) is 1. The summed E-state index contributed by atoms with van der Waals surface area (Å²) >= 11 is 0. The molecule has 2 rings (SSSR count). The Morgan fingerprint density at radius 1 is 1.28 bits per heavy atom. The van der Waals surface area contributed by atoms with E-state index in [4.69, 9.17) is 14.4 Å². The topological polar surface area (TPSA) is 95.6 Å². The van der Waals surface area contributed by atoms with Crippen molar-refractivity contribution in [1.82, 2.24) is 4.90 Å². The molecule has 0 spiro atoms. The number of carbonyl (C=O) groups is 2. The minimum Gasteiger partial charge on any atom is -0.467 e. The van der Waals surface area contributed by atoms with Gasteiger partial charge in [-0.25, -0.2) is 4.79 Å². The largest absolute Gasteiger partial charge is 0.467 e. The van der Waals surface area contributed by atoms with Crippen LogP contribution in [0.1, 0.15) is 22.5 Å². The van der Waals surface area contributed by atoms with Crippen LogP contribution in [0, 0.1) is 11.3 Å². The molecule has 0 saturated carbocycles. The first kappa shape index (κ1) is 18.1. The van der Waals surface area contributed by atoms with E-state index >= 15 is 0 Å². The van der Waals surface area contributed by atoms with Crippen LogP contribution < -0.4 is 5.32 Å². The lowest BCUT2D eigenvalue weighted by molar-refractivity contribution is -0.133. The molecular weight excluding hydrogens is 322 g/mol. The van der Waals surface area contributed by atoms with E-state index < -0.39 is 5.97 Å². The minimum atomic E-state index is -0.593. The maximum absolute atomic E-state index is 12.3. The molecule has 7 heteroatoms. The van der Waals surface area contributed by atoms with Gasteiger partial charge in [0.1, 0.15) is 5.76 Å². The van der Waals surface area contributed by atoms with Gasteiger partial charge in [0.2, 0.25) is 0 Å². The molecule has 0 unspecified atom stereocenters. The van der Waals surface area contributed by atoms with Crippen LogP contribution in [0.3, 0.4) is 0 Å². The number of rotatable bonds is 8. The number of nitrogens with zero attached hydrogens (tertiary/aromatic N) is 2. The van der Waals surface area contributed by atoms with Crippen molar-refractivity contribution in [3.63, 3.8) is 0 Å². The third kappa shape index (κ3) is 5.39. The van der Waals surface area contributed by atoms with Crippen LogP contribution in [0.5, 0.6) is 0 Å². The molecule has 0 atom stereocenters. The molecule has 2 aromatic rings. The standard InChI is InChI=1S/C18H19N3O4/c1-21(10-5-9-19)17(22)13-25-18(23)15-7-2-3-8-16(15)20-12-14-6-4-11-24-14/h2-4,6-8,11,20H,5,10,12-13H2,1H3. The highest BCUT2D eigenvalue weighted by Gasteiger charge is 2.16. The number of nitriles is 1. The number of amides is 1. The Balaban J connectivity index is 1.93. The van der Waals surface area contributed by atoms with Gasteiger partial charge in [-0.05, 0) is 24.3 Å². The fourth-order valence-electron chi connectivity index (χ4n) is 2.07. The lowest BCUT2D eigenvalue weighted by Crippen LogP contribution is -2.32. The Morgan fingerprint density at radius 3 is 2.80 bits per heavy atom. The van der Waals surface area contributed by atoms with E-state index in [1.807, 2.05) is 12.1 Å². The Morgan fingerprint density at radius 2 is 2.08 bits per heavy atom. The van der Waals surface area contributed by atoms with Crippen molar-refractivity contribution in [3.05, 3.63) is 54.0 Å². The smallest absolute Gasteiger partial charge is 0.340 e. The molecule has 1 N–H and O–H groups in total. The van der Waals surface area contributed by atoms with Crippen LogP contribution >= 0.6 is 0 Å². The van der Waals surface area contributed by atoms with Gasteiger partial charge < -0.3 is 19.4 Å². The number of benzene rings is 1. The molecule has 0 saturated heterocycles. The van der Waals surface area contributed by atoms with E-state index in [0.29, 0.717) is 24.3 Å². The number of hydrogen-bond donors (Lipinski definition) is 1. The van der Waals surface area contributed by atoms with Crippen molar-refractivity contribution in [2.75, 3.05) is 25.5 Å². The summed E-state index contributed by atoms with van der Waals surface area (Å²) in [5, 5.41) is 11.6. The number of carbonyl (C=O) groups excluding carboxylic acids is 2. The van der Waals surface area contributed by atoms with Crippen molar-refractivity contribution >= 4 is 17.6 Å². The van der Waals surface area contributed by atoms with Gasteiger partial charge in [-0.3, -0.25) is 4.79 Å². The van der Waals surface area contributed by atoms with E-state index in [-0.39, 0.29) is 18.9 Å². The summed E-state index contributed by atoms with van der Waals surface area (Å²) in [5.74, 6) is -0.216. The lowest BCUT2D eigenvalue weighted by atomic mass is 10.2. The highest BCUT2D eigenvalue weighted by atomic mass is 16.5. The number of anilines is 1. The molecule has 1 aromatic heterocycles. The molecule has 25 heavy (non-hydrogen) atoms. The number of hydrogen-bond acceptors (Lipinski definition) is 6. The van der Waals surface area contributed by atoms with Crippen LogP contribution in [0.15, 0.2) is 47.1 Å². The van der Waals surface area contributed by atoms with Gasteiger partial charge in [0, 0.05) is 19.3 Å². The zero-order chi connectivity index (χ0) is 18.1. The quantitative estimate of drug-likeness (QED) is 0.741. The fourth-order valence-corrected chi connectivity index (χ4v) is 2.07. The molecule has 130 valence electrons. The summed E-state index contributed by atoms with van der Waals surface area (Å²) in [5.41, 5.74) is 0.927. The molecule has 0 aliphatic rings. The van der Waals surface area contributed by atoms with Crippen LogP contribution in [0.4, 0.5) is 5.69 Å². The first-order valence-electron chi connectivity index (χ1n) is 7.75. The van der Waals surface area contributed by atoms with E-state index in [1.165, 1.54) is 4.90 Å². The summed E-state index contributed by atoms with van der Waals surface area (Å²) in [4.78, 5) is 25.5. The van der Waals surface area contributed by atoms with Gasteiger partial charge in [0.05, 0.1) is 30.9 Å². The summed E-state index contributed by atoms with van der Waals surface area (Å²) < 4.78 is 10.3. The van der Waals surface area contributed by atoms with Gasteiger partial charge in [0.15, 0.2) is 6.61 Å². The average molecular weight is 341 g/mol. The third-order valence-corrected chi connectivity index (χ3v) is 3.49. The number of ether oxygens (including phenoxy) is 1. The summed E-state index contributed by atoms with van der Waals surface area (Å²) in [6, 6.07) is 12.4. The number of esters is 1. The molecule has 0 bridgehead atoms. The summed E-state index contributed by atoms with van der Waals surface area (Å²) in [6.45, 7) is 0.356. The molecule has 7 nitrogen and oxygen atoms in total.